The van der Waals surface area contributed by atoms with Crippen molar-refractivity contribution in [3.05, 3.63) is 17.7 Å². The van der Waals surface area contributed by atoms with Crippen molar-refractivity contribution in [2.45, 2.75) is 6.92 Å². The van der Waals surface area contributed by atoms with Gasteiger partial charge in [0.1, 0.15) is 11.3 Å². The van der Waals surface area contributed by atoms with Crippen molar-refractivity contribution in [3.8, 4) is 5.75 Å². The number of aromatic nitrogens is 1. The Bertz CT molecular complexity index is 741. The standard InChI is InChI=1S/C17H24N4O3S/c1-12-4-5-13(24-3)14-15(12)25-17(19-14)21-9-7-20(8-10-21)16(22)18-6-11-23-2/h4-5H,6-11H2,1-3H3,(H,18,22). The van der Waals surface area contributed by atoms with E-state index in [-0.39, 0.29) is 6.03 Å². The zero-order valence-electron chi connectivity index (χ0n) is 14.9. The summed E-state index contributed by atoms with van der Waals surface area (Å²) in [6, 6.07) is 3.99. The first-order valence-corrected chi connectivity index (χ1v) is 9.16. The number of rotatable bonds is 5. The SMILES string of the molecule is COCCNC(=O)N1CCN(c2nc3c(OC)ccc(C)c3s2)CC1. The van der Waals surface area contributed by atoms with Crippen molar-refractivity contribution in [1.82, 2.24) is 15.2 Å². The zero-order valence-corrected chi connectivity index (χ0v) is 15.7. The molecule has 8 heteroatoms. The maximum absolute atomic E-state index is 12.1. The normalized spacial score (nSPS) is 14.8. The Morgan fingerprint density at radius 1 is 1.28 bits per heavy atom. The van der Waals surface area contributed by atoms with Gasteiger partial charge < -0.3 is 24.6 Å². The van der Waals surface area contributed by atoms with E-state index in [1.54, 1.807) is 25.6 Å². The summed E-state index contributed by atoms with van der Waals surface area (Å²) < 4.78 is 11.5. The van der Waals surface area contributed by atoms with Gasteiger partial charge in [-0.3, -0.25) is 0 Å². The fourth-order valence-corrected chi connectivity index (χ4v) is 3.97. The molecule has 0 saturated carbocycles. The molecule has 0 spiro atoms. The molecule has 3 rings (SSSR count). The molecule has 2 amide bonds. The molecule has 1 fully saturated rings. The second kappa shape index (κ2) is 7.88. The number of benzene rings is 1. The summed E-state index contributed by atoms with van der Waals surface area (Å²) in [5.41, 5.74) is 2.12. The van der Waals surface area contributed by atoms with Crippen LogP contribution in [0.1, 0.15) is 5.56 Å². The van der Waals surface area contributed by atoms with Gasteiger partial charge in [0.05, 0.1) is 18.4 Å². The lowest BCUT2D eigenvalue weighted by Gasteiger charge is -2.34. The number of nitrogens with one attached hydrogen (secondary N) is 1. The van der Waals surface area contributed by atoms with Crippen molar-refractivity contribution in [1.29, 1.82) is 0 Å². The van der Waals surface area contributed by atoms with Crippen molar-refractivity contribution in [2.75, 3.05) is 58.5 Å². The van der Waals surface area contributed by atoms with E-state index in [0.29, 0.717) is 26.2 Å². The number of hydrogen-bond donors (Lipinski definition) is 1. The molecule has 136 valence electrons. The van der Waals surface area contributed by atoms with Crippen LogP contribution in [0.3, 0.4) is 0 Å². The third kappa shape index (κ3) is 3.80. The number of carbonyl (C=O) groups is 1. The first-order valence-electron chi connectivity index (χ1n) is 8.35. The van der Waals surface area contributed by atoms with Crippen LogP contribution >= 0.6 is 11.3 Å². The van der Waals surface area contributed by atoms with Gasteiger partial charge in [0, 0.05) is 39.8 Å². The summed E-state index contributed by atoms with van der Waals surface area (Å²) in [6.07, 6.45) is 0. The monoisotopic (exact) mass is 364 g/mol. The fraction of sp³-hybridized carbons (Fsp3) is 0.529. The van der Waals surface area contributed by atoms with E-state index in [4.69, 9.17) is 14.5 Å². The molecule has 1 aliphatic heterocycles. The summed E-state index contributed by atoms with van der Waals surface area (Å²) in [7, 11) is 3.30. The number of urea groups is 1. The molecule has 0 unspecified atom stereocenters. The highest BCUT2D eigenvalue weighted by atomic mass is 32.1. The number of thiazole rings is 1. The van der Waals surface area contributed by atoms with Gasteiger partial charge in [-0.25, -0.2) is 9.78 Å². The third-order valence-corrected chi connectivity index (χ3v) is 5.58. The van der Waals surface area contributed by atoms with Crippen LogP contribution in [0.25, 0.3) is 10.2 Å². The van der Waals surface area contributed by atoms with E-state index in [1.165, 1.54) is 5.56 Å². The van der Waals surface area contributed by atoms with Gasteiger partial charge in [-0.15, -0.1) is 0 Å². The summed E-state index contributed by atoms with van der Waals surface area (Å²) in [5, 5.41) is 3.85. The zero-order chi connectivity index (χ0) is 17.8. The molecule has 25 heavy (non-hydrogen) atoms. The molecule has 0 aliphatic carbocycles. The molecule has 1 aromatic carbocycles. The first-order chi connectivity index (χ1) is 12.1. The van der Waals surface area contributed by atoms with Crippen LogP contribution in [0, 0.1) is 6.92 Å². The first kappa shape index (κ1) is 17.8. The molecule has 2 aromatic rings. The number of nitrogens with zero attached hydrogens (tertiary/aromatic N) is 3. The summed E-state index contributed by atoms with van der Waals surface area (Å²) >= 11 is 1.69. The number of carbonyl (C=O) groups excluding carboxylic acids is 1. The van der Waals surface area contributed by atoms with Crippen LogP contribution in [-0.4, -0.2) is 69.5 Å². The average molecular weight is 364 g/mol. The second-order valence-corrected chi connectivity index (χ2v) is 6.94. The summed E-state index contributed by atoms with van der Waals surface area (Å²) in [6.45, 7) is 6.07. The Morgan fingerprint density at radius 2 is 2.04 bits per heavy atom. The largest absolute Gasteiger partial charge is 0.494 e. The van der Waals surface area contributed by atoms with Crippen LogP contribution in [0.15, 0.2) is 12.1 Å². The predicted molar refractivity (Wildman–Crippen MR) is 100.0 cm³/mol. The number of fused-ring (bicyclic) bond motifs is 1. The van der Waals surface area contributed by atoms with Crippen molar-refractivity contribution < 1.29 is 14.3 Å². The average Bonchev–Trinajstić information content (AvgIpc) is 3.09. The Balaban J connectivity index is 1.66. The maximum Gasteiger partial charge on any atom is 0.317 e. The minimum absolute atomic E-state index is 0.0292. The van der Waals surface area contributed by atoms with Gasteiger partial charge in [-0.2, -0.15) is 0 Å². The highest BCUT2D eigenvalue weighted by Crippen LogP contribution is 2.36. The molecule has 2 heterocycles. The highest BCUT2D eigenvalue weighted by molar-refractivity contribution is 7.22. The number of amides is 2. The lowest BCUT2D eigenvalue weighted by Crippen LogP contribution is -2.52. The third-order valence-electron chi connectivity index (χ3n) is 4.33. The number of aryl methyl sites for hydroxylation is 1. The van der Waals surface area contributed by atoms with Crippen LogP contribution in [0.2, 0.25) is 0 Å². The van der Waals surface area contributed by atoms with E-state index >= 15 is 0 Å². The van der Waals surface area contributed by atoms with Gasteiger partial charge in [0.2, 0.25) is 0 Å². The van der Waals surface area contributed by atoms with Crippen molar-refractivity contribution in [3.63, 3.8) is 0 Å². The van der Waals surface area contributed by atoms with E-state index < -0.39 is 0 Å². The van der Waals surface area contributed by atoms with Crippen LogP contribution < -0.4 is 15.0 Å². The summed E-state index contributed by atoms with van der Waals surface area (Å²) in [5.74, 6) is 0.805. The van der Waals surface area contributed by atoms with E-state index in [9.17, 15) is 4.79 Å². The number of piperazine rings is 1. The Labute approximate surface area is 151 Å². The molecule has 1 saturated heterocycles. The molecular formula is C17H24N4O3S. The van der Waals surface area contributed by atoms with Crippen LogP contribution in [-0.2, 0) is 4.74 Å². The maximum atomic E-state index is 12.1. The van der Waals surface area contributed by atoms with Gasteiger partial charge in [-0.1, -0.05) is 17.4 Å². The van der Waals surface area contributed by atoms with Gasteiger partial charge in [0.25, 0.3) is 0 Å². The number of ether oxygens (including phenoxy) is 2. The van der Waals surface area contributed by atoms with Crippen LogP contribution in [0.4, 0.5) is 9.93 Å². The van der Waals surface area contributed by atoms with E-state index in [0.717, 1.165) is 34.2 Å². The van der Waals surface area contributed by atoms with Gasteiger partial charge in [-0.05, 0) is 18.6 Å². The topological polar surface area (TPSA) is 66.9 Å². The number of anilines is 1. The minimum Gasteiger partial charge on any atom is -0.494 e. The number of hydrogen-bond acceptors (Lipinski definition) is 6. The van der Waals surface area contributed by atoms with E-state index in [1.807, 2.05) is 11.0 Å². The van der Waals surface area contributed by atoms with Crippen molar-refractivity contribution in [2.24, 2.45) is 0 Å². The molecule has 1 aromatic heterocycles. The summed E-state index contributed by atoms with van der Waals surface area (Å²) in [4.78, 5) is 21.0. The molecular weight excluding hydrogens is 340 g/mol. The quantitative estimate of drug-likeness (QED) is 0.823. The van der Waals surface area contributed by atoms with Crippen LogP contribution in [0.5, 0.6) is 5.75 Å². The van der Waals surface area contributed by atoms with Gasteiger partial charge >= 0.3 is 6.03 Å². The Hall–Kier alpha value is -2.06. The highest BCUT2D eigenvalue weighted by Gasteiger charge is 2.23. The van der Waals surface area contributed by atoms with E-state index in [2.05, 4.69) is 23.2 Å². The second-order valence-electron chi connectivity index (χ2n) is 5.96. The lowest BCUT2D eigenvalue weighted by molar-refractivity contribution is 0.177. The lowest BCUT2D eigenvalue weighted by atomic mass is 10.2. The predicted octanol–water partition coefficient (Wildman–Crippen LogP) is 2.09. The smallest absolute Gasteiger partial charge is 0.317 e. The number of methoxy groups -OCH3 is 2. The molecule has 1 N–H and O–H groups in total. The fourth-order valence-electron chi connectivity index (χ4n) is 2.87. The molecule has 0 radical (unpaired) electrons. The Kier molecular flexibility index (Phi) is 5.60. The molecule has 1 aliphatic rings. The van der Waals surface area contributed by atoms with Gasteiger partial charge in [0.15, 0.2) is 5.13 Å². The van der Waals surface area contributed by atoms with Crippen molar-refractivity contribution >= 4 is 32.7 Å². The molecule has 0 atom stereocenters. The Morgan fingerprint density at radius 3 is 2.72 bits per heavy atom. The molecule has 7 nitrogen and oxygen atoms in total. The molecule has 0 bridgehead atoms. The minimum atomic E-state index is -0.0292.